The number of nitrogens with zero attached hydrogens (tertiary/aromatic N) is 1. The van der Waals surface area contributed by atoms with Crippen LogP contribution in [0.1, 0.15) is 16.7 Å². The summed E-state index contributed by atoms with van der Waals surface area (Å²) in [6.07, 6.45) is 0.460. The molecule has 3 rings (SSSR count). The lowest BCUT2D eigenvalue weighted by Crippen LogP contribution is -2.35. The number of ether oxygens (including phenoxy) is 6. The second-order valence-electron chi connectivity index (χ2n) is 7.36. The van der Waals surface area contributed by atoms with E-state index in [1.54, 1.807) is 31.4 Å². The highest BCUT2D eigenvalue weighted by molar-refractivity contribution is 6.13. The van der Waals surface area contributed by atoms with Gasteiger partial charge in [0.1, 0.15) is 0 Å². The van der Waals surface area contributed by atoms with Crippen molar-refractivity contribution in [1.82, 2.24) is 0 Å². The van der Waals surface area contributed by atoms with Crippen LogP contribution in [0.25, 0.3) is 0 Å². The zero-order valence-electron chi connectivity index (χ0n) is 20.5. The van der Waals surface area contributed by atoms with Crippen molar-refractivity contribution in [2.45, 2.75) is 6.42 Å². The molecular weight excluding hydrogens is 458 g/mol. The number of methoxy groups -OCH3 is 6. The van der Waals surface area contributed by atoms with Crippen LogP contribution >= 0.6 is 0 Å². The first-order chi connectivity index (χ1) is 16.8. The summed E-state index contributed by atoms with van der Waals surface area (Å²) in [5.41, 5.74) is 2.37. The predicted octanol–water partition coefficient (Wildman–Crippen LogP) is 2.24. The van der Waals surface area contributed by atoms with Crippen molar-refractivity contribution >= 4 is 17.7 Å². The molecule has 1 N–H and O–H groups in total. The topological polar surface area (TPSA) is 113 Å². The molecule has 2 aromatic rings. The van der Waals surface area contributed by atoms with E-state index in [0.717, 1.165) is 19.8 Å². The zero-order valence-corrected chi connectivity index (χ0v) is 20.5. The third-order valence-electron chi connectivity index (χ3n) is 5.65. The Balaban J connectivity index is 2.45. The number of hydrogen-bond donors (Lipinski definition) is 1. The van der Waals surface area contributed by atoms with E-state index in [-0.39, 0.29) is 12.2 Å². The lowest BCUT2D eigenvalue weighted by molar-refractivity contribution is -0.475. The fraction of sp³-hybridized carbons (Fsp3) is 0.320. The first-order valence-corrected chi connectivity index (χ1v) is 10.6. The summed E-state index contributed by atoms with van der Waals surface area (Å²) in [5.74, 6) is -0.885. The van der Waals surface area contributed by atoms with E-state index >= 15 is 0 Å². The van der Waals surface area contributed by atoms with Crippen molar-refractivity contribution < 1.29 is 47.7 Å². The Hall–Kier alpha value is -4.21. The Morgan fingerprint density at radius 2 is 1.34 bits per heavy atom. The fourth-order valence-electron chi connectivity index (χ4n) is 3.98. The van der Waals surface area contributed by atoms with Crippen LogP contribution in [0.4, 0.5) is 0 Å². The summed E-state index contributed by atoms with van der Waals surface area (Å²) in [7, 11) is 8.37. The van der Waals surface area contributed by atoms with Gasteiger partial charge in [0.2, 0.25) is 5.71 Å². The van der Waals surface area contributed by atoms with E-state index in [2.05, 4.69) is 4.74 Å². The minimum Gasteiger partial charge on any atom is -0.497 e. The normalized spacial score (nSPS) is 13.3. The molecule has 1 aliphatic heterocycles. The van der Waals surface area contributed by atoms with Gasteiger partial charge in [-0.3, -0.25) is 0 Å². The van der Waals surface area contributed by atoms with Gasteiger partial charge in [-0.15, -0.1) is 0 Å². The molecule has 0 aliphatic carbocycles. The fourth-order valence-corrected chi connectivity index (χ4v) is 3.98. The Bertz CT molecular complexity index is 1210. The summed E-state index contributed by atoms with van der Waals surface area (Å²) in [6.45, 7) is 0.234. The standard InChI is InChI=1S/C25H27NO9/c1-30-17-8-7-15(12-18(17)31-2)21-16-13-20(33-4)19(32-3)11-14(16)9-10-26(21)22(24(28)34-5)23(27)25(29)35-6/h7-8,11-13H,9-10H2,1-6H3/p+1. The van der Waals surface area contributed by atoms with Crippen molar-refractivity contribution in [2.75, 3.05) is 49.2 Å². The van der Waals surface area contributed by atoms with E-state index in [4.69, 9.17) is 23.7 Å². The van der Waals surface area contributed by atoms with Gasteiger partial charge in [-0.1, -0.05) is 0 Å². The molecule has 2 aromatic carbocycles. The van der Waals surface area contributed by atoms with E-state index in [1.807, 2.05) is 6.07 Å². The second-order valence-corrected chi connectivity index (χ2v) is 7.36. The molecule has 0 bridgehead atoms. The molecule has 0 unspecified atom stereocenters. The van der Waals surface area contributed by atoms with Crippen LogP contribution in [-0.4, -0.2) is 76.5 Å². The Labute approximate surface area is 202 Å². The molecule has 186 valence electrons. The molecular formula is C25H28NO9+. The number of benzene rings is 2. The quantitative estimate of drug-likeness (QED) is 0.260. The molecule has 1 aliphatic rings. The Morgan fingerprint density at radius 3 is 1.91 bits per heavy atom. The van der Waals surface area contributed by atoms with Crippen LogP contribution in [0, 0.1) is 0 Å². The first-order valence-electron chi connectivity index (χ1n) is 10.6. The molecule has 0 saturated carbocycles. The smallest absolute Gasteiger partial charge is 0.407 e. The number of hydrogen-bond acceptors (Lipinski definition) is 9. The average Bonchev–Trinajstić information content (AvgIpc) is 2.90. The van der Waals surface area contributed by atoms with Gasteiger partial charge in [-0.05, 0) is 35.9 Å². The number of carbonyl (C=O) groups excluding carboxylic acids is 2. The molecule has 0 fully saturated rings. The lowest BCUT2D eigenvalue weighted by Gasteiger charge is -2.21. The van der Waals surface area contributed by atoms with Crippen LogP contribution in [0.2, 0.25) is 0 Å². The monoisotopic (exact) mass is 486 g/mol. The Morgan fingerprint density at radius 1 is 0.771 bits per heavy atom. The summed E-state index contributed by atoms with van der Waals surface area (Å²) in [6, 6.07) is 8.86. The van der Waals surface area contributed by atoms with Crippen molar-refractivity contribution in [3.05, 3.63) is 58.5 Å². The number of aliphatic hydroxyl groups is 1. The van der Waals surface area contributed by atoms with E-state index in [9.17, 15) is 14.7 Å². The van der Waals surface area contributed by atoms with E-state index < -0.39 is 17.7 Å². The van der Waals surface area contributed by atoms with Crippen LogP contribution in [-0.2, 0) is 25.5 Å². The van der Waals surface area contributed by atoms with Gasteiger partial charge >= 0.3 is 17.6 Å². The van der Waals surface area contributed by atoms with Gasteiger partial charge < -0.3 is 33.5 Å². The highest BCUT2D eigenvalue weighted by Crippen LogP contribution is 2.36. The van der Waals surface area contributed by atoms with E-state index in [0.29, 0.717) is 46.3 Å². The maximum atomic E-state index is 12.8. The van der Waals surface area contributed by atoms with Crippen LogP contribution < -0.4 is 18.9 Å². The van der Waals surface area contributed by atoms with Crippen molar-refractivity contribution in [3.8, 4) is 23.0 Å². The molecule has 35 heavy (non-hydrogen) atoms. The molecule has 0 aromatic heterocycles. The van der Waals surface area contributed by atoms with Gasteiger partial charge in [0.15, 0.2) is 29.5 Å². The van der Waals surface area contributed by atoms with Crippen LogP contribution in [0.15, 0.2) is 41.8 Å². The number of fused-ring (bicyclic) bond motifs is 1. The highest BCUT2D eigenvalue weighted by Gasteiger charge is 2.39. The van der Waals surface area contributed by atoms with Crippen molar-refractivity contribution in [1.29, 1.82) is 0 Å². The molecule has 0 radical (unpaired) electrons. The maximum absolute atomic E-state index is 12.8. The average molecular weight is 486 g/mol. The minimum atomic E-state index is -1.07. The molecule has 0 saturated heterocycles. The summed E-state index contributed by atoms with van der Waals surface area (Å²) in [4.78, 5) is 25.0. The van der Waals surface area contributed by atoms with Gasteiger partial charge in [0.25, 0.3) is 5.76 Å². The van der Waals surface area contributed by atoms with Crippen molar-refractivity contribution in [3.63, 3.8) is 0 Å². The lowest BCUT2D eigenvalue weighted by atomic mass is 9.91. The number of aliphatic hydroxyl groups excluding tert-OH is 1. The maximum Gasteiger partial charge on any atom is 0.407 e. The SMILES string of the molecule is COC(=O)/C(O)=C(\C(=O)OC)[N+]1=C(c2ccc(OC)c(OC)c2)c2cc(OC)c(OC)cc2CC1. The van der Waals surface area contributed by atoms with Crippen LogP contribution in [0.5, 0.6) is 23.0 Å². The predicted molar refractivity (Wildman–Crippen MR) is 125 cm³/mol. The number of carbonyl (C=O) groups is 2. The zero-order chi connectivity index (χ0) is 25.7. The Kier molecular flexibility index (Phi) is 7.85. The summed E-state index contributed by atoms with van der Waals surface area (Å²) in [5, 5.41) is 10.7. The molecule has 0 spiro atoms. The first kappa shape index (κ1) is 25.4. The number of esters is 2. The third kappa shape index (κ3) is 4.72. The number of rotatable bonds is 8. The van der Waals surface area contributed by atoms with Gasteiger partial charge in [0.05, 0.1) is 53.8 Å². The molecule has 0 amide bonds. The molecule has 10 heteroatoms. The molecule has 10 nitrogen and oxygen atoms in total. The second kappa shape index (κ2) is 10.8. The minimum absolute atomic E-state index is 0.234. The molecule has 0 atom stereocenters. The largest absolute Gasteiger partial charge is 0.497 e. The van der Waals surface area contributed by atoms with Gasteiger partial charge in [0, 0.05) is 6.42 Å². The third-order valence-corrected chi connectivity index (χ3v) is 5.65. The summed E-state index contributed by atoms with van der Waals surface area (Å²) < 4.78 is 32.9. The molecule has 1 heterocycles. The highest BCUT2D eigenvalue weighted by atomic mass is 16.5. The van der Waals surface area contributed by atoms with Crippen LogP contribution in [0.3, 0.4) is 0 Å². The van der Waals surface area contributed by atoms with Crippen molar-refractivity contribution in [2.24, 2.45) is 0 Å². The summed E-state index contributed by atoms with van der Waals surface area (Å²) >= 11 is 0. The van der Waals surface area contributed by atoms with Gasteiger partial charge in [-0.2, -0.15) is 4.58 Å². The van der Waals surface area contributed by atoms with E-state index in [1.165, 1.54) is 25.9 Å². The van der Waals surface area contributed by atoms with Gasteiger partial charge in [-0.25, -0.2) is 9.59 Å².